The first-order valence-electron chi connectivity index (χ1n) is 4.69. The van der Waals surface area contributed by atoms with Crippen LogP contribution in [0.25, 0.3) is 0 Å². The molecule has 1 aromatic rings. The van der Waals surface area contributed by atoms with Gasteiger partial charge in [0.1, 0.15) is 16.7 Å². The standard InChI is InChI=1S/C11H11N3O2S/c1-4-11(2,3)14-17(15,16)10-6-5-9(7-12)13-8-10/h1,5-6,8,14H,2-3H3. The summed E-state index contributed by atoms with van der Waals surface area (Å²) < 4.78 is 26.1. The third-order valence-electron chi connectivity index (χ3n) is 1.91. The van der Waals surface area contributed by atoms with Crippen molar-refractivity contribution in [3.63, 3.8) is 0 Å². The number of terminal acetylenes is 1. The van der Waals surface area contributed by atoms with Crippen LogP contribution in [0.4, 0.5) is 0 Å². The van der Waals surface area contributed by atoms with Gasteiger partial charge in [0.25, 0.3) is 0 Å². The van der Waals surface area contributed by atoms with Gasteiger partial charge < -0.3 is 0 Å². The van der Waals surface area contributed by atoms with E-state index in [9.17, 15) is 8.42 Å². The third-order valence-corrected chi connectivity index (χ3v) is 3.55. The highest BCUT2D eigenvalue weighted by atomic mass is 32.2. The fraction of sp³-hybridized carbons (Fsp3) is 0.273. The topological polar surface area (TPSA) is 82.9 Å². The average Bonchev–Trinajstić information content (AvgIpc) is 2.28. The Morgan fingerprint density at radius 1 is 1.47 bits per heavy atom. The molecule has 0 aliphatic carbocycles. The molecule has 0 amide bonds. The smallest absolute Gasteiger partial charge is 0.243 e. The predicted molar refractivity (Wildman–Crippen MR) is 62.2 cm³/mol. The zero-order valence-corrected chi connectivity index (χ0v) is 10.2. The molecular formula is C11H11N3O2S. The maximum atomic E-state index is 11.9. The lowest BCUT2D eigenvalue weighted by Crippen LogP contribution is -2.41. The quantitative estimate of drug-likeness (QED) is 0.797. The molecule has 0 fully saturated rings. The fourth-order valence-electron chi connectivity index (χ4n) is 1.03. The molecule has 0 saturated heterocycles. The molecule has 5 nitrogen and oxygen atoms in total. The molecule has 6 heteroatoms. The molecule has 0 unspecified atom stereocenters. The van der Waals surface area contributed by atoms with Crippen molar-refractivity contribution in [2.75, 3.05) is 0 Å². The Balaban J connectivity index is 3.08. The lowest BCUT2D eigenvalue weighted by atomic mass is 10.1. The molecule has 88 valence electrons. The van der Waals surface area contributed by atoms with Gasteiger partial charge >= 0.3 is 0 Å². The molecule has 0 bridgehead atoms. The normalized spacial score (nSPS) is 11.5. The van der Waals surface area contributed by atoms with E-state index in [0.717, 1.165) is 6.20 Å². The number of nitriles is 1. The summed E-state index contributed by atoms with van der Waals surface area (Å²) in [6, 6.07) is 4.44. The number of rotatable bonds is 3. The van der Waals surface area contributed by atoms with Gasteiger partial charge in [0.2, 0.25) is 10.0 Å². The first kappa shape index (κ1) is 13.2. The molecule has 1 rings (SSSR count). The second-order valence-corrected chi connectivity index (χ2v) is 5.55. The summed E-state index contributed by atoms with van der Waals surface area (Å²) in [4.78, 5) is 3.66. The van der Waals surface area contributed by atoms with Crippen LogP contribution in [0.1, 0.15) is 19.5 Å². The minimum atomic E-state index is -3.72. The van der Waals surface area contributed by atoms with E-state index < -0.39 is 15.6 Å². The maximum Gasteiger partial charge on any atom is 0.243 e. The largest absolute Gasteiger partial charge is 0.244 e. The first-order chi connectivity index (χ1) is 7.80. The van der Waals surface area contributed by atoms with Gasteiger partial charge in [-0.3, -0.25) is 0 Å². The van der Waals surface area contributed by atoms with E-state index in [1.807, 2.05) is 0 Å². The Morgan fingerprint density at radius 2 is 2.12 bits per heavy atom. The third kappa shape index (κ3) is 3.28. The Morgan fingerprint density at radius 3 is 2.53 bits per heavy atom. The van der Waals surface area contributed by atoms with Crippen LogP contribution in [0.5, 0.6) is 0 Å². The zero-order valence-electron chi connectivity index (χ0n) is 9.43. The maximum absolute atomic E-state index is 11.9. The van der Waals surface area contributed by atoms with Crippen molar-refractivity contribution >= 4 is 10.0 Å². The van der Waals surface area contributed by atoms with Gasteiger partial charge in [-0.2, -0.15) is 9.98 Å². The van der Waals surface area contributed by atoms with Crippen molar-refractivity contribution in [2.45, 2.75) is 24.3 Å². The van der Waals surface area contributed by atoms with E-state index >= 15 is 0 Å². The number of nitrogens with one attached hydrogen (secondary N) is 1. The summed E-state index contributed by atoms with van der Waals surface area (Å²) in [5.74, 6) is 2.33. The minimum absolute atomic E-state index is 0.0279. The van der Waals surface area contributed by atoms with Crippen molar-refractivity contribution < 1.29 is 8.42 Å². The fourth-order valence-corrected chi connectivity index (χ4v) is 2.32. The molecule has 17 heavy (non-hydrogen) atoms. The summed E-state index contributed by atoms with van der Waals surface area (Å²) in [7, 11) is -3.72. The summed E-state index contributed by atoms with van der Waals surface area (Å²) in [5, 5.41) is 8.55. The molecule has 1 heterocycles. The van der Waals surface area contributed by atoms with Gasteiger partial charge in [-0.05, 0) is 26.0 Å². The van der Waals surface area contributed by atoms with Crippen molar-refractivity contribution in [1.29, 1.82) is 5.26 Å². The number of hydrogen-bond acceptors (Lipinski definition) is 4. The van der Waals surface area contributed by atoms with E-state index in [4.69, 9.17) is 11.7 Å². The summed E-state index contributed by atoms with van der Waals surface area (Å²) in [6.07, 6.45) is 6.32. The monoisotopic (exact) mass is 249 g/mol. The number of nitrogens with zero attached hydrogens (tertiary/aromatic N) is 2. The molecule has 0 radical (unpaired) electrons. The Hall–Kier alpha value is -1.89. The van der Waals surface area contributed by atoms with Gasteiger partial charge in [0.05, 0.1) is 5.54 Å². The molecule has 1 aromatic heterocycles. The summed E-state index contributed by atoms with van der Waals surface area (Å²) in [6.45, 7) is 3.14. The molecule has 0 aliphatic rings. The van der Waals surface area contributed by atoms with Crippen molar-refractivity contribution in [3.05, 3.63) is 24.0 Å². The summed E-state index contributed by atoms with van der Waals surface area (Å²) in [5.41, 5.74) is -0.827. The number of pyridine rings is 1. The second-order valence-electron chi connectivity index (χ2n) is 3.87. The van der Waals surface area contributed by atoms with E-state index in [1.165, 1.54) is 12.1 Å². The van der Waals surface area contributed by atoms with Crippen molar-refractivity contribution in [2.24, 2.45) is 0 Å². The van der Waals surface area contributed by atoms with E-state index in [2.05, 4.69) is 15.6 Å². The Kier molecular flexibility index (Phi) is 3.52. The van der Waals surface area contributed by atoms with E-state index in [1.54, 1.807) is 19.9 Å². The minimum Gasteiger partial charge on any atom is -0.244 e. The molecule has 0 spiro atoms. The summed E-state index contributed by atoms with van der Waals surface area (Å²) >= 11 is 0. The molecule has 0 atom stereocenters. The highest BCUT2D eigenvalue weighted by Crippen LogP contribution is 2.11. The van der Waals surface area contributed by atoms with E-state index in [0.29, 0.717) is 0 Å². The lowest BCUT2D eigenvalue weighted by molar-refractivity contribution is 0.538. The average molecular weight is 249 g/mol. The van der Waals surface area contributed by atoms with Gasteiger partial charge in [-0.1, -0.05) is 5.92 Å². The van der Waals surface area contributed by atoms with Crippen LogP contribution in [-0.2, 0) is 10.0 Å². The van der Waals surface area contributed by atoms with Gasteiger partial charge in [0.15, 0.2) is 0 Å². The number of aromatic nitrogens is 1. The Labute approximate surface area is 101 Å². The van der Waals surface area contributed by atoms with Crippen molar-refractivity contribution in [1.82, 2.24) is 9.71 Å². The van der Waals surface area contributed by atoms with Crippen LogP contribution >= 0.6 is 0 Å². The van der Waals surface area contributed by atoms with Crippen LogP contribution in [-0.4, -0.2) is 18.9 Å². The molecule has 1 N–H and O–H groups in total. The van der Waals surface area contributed by atoms with Crippen LogP contribution < -0.4 is 4.72 Å². The van der Waals surface area contributed by atoms with Crippen LogP contribution in [0.3, 0.4) is 0 Å². The second kappa shape index (κ2) is 4.54. The van der Waals surface area contributed by atoms with E-state index in [-0.39, 0.29) is 10.6 Å². The highest BCUT2D eigenvalue weighted by Gasteiger charge is 2.24. The number of sulfonamides is 1. The van der Waals surface area contributed by atoms with Crippen molar-refractivity contribution in [3.8, 4) is 18.4 Å². The predicted octanol–water partition coefficient (Wildman–Crippen LogP) is 0.643. The van der Waals surface area contributed by atoms with Gasteiger partial charge in [-0.15, -0.1) is 6.42 Å². The SMILES string of the molecule is C#CC(C)(C)NS(=O)(=O)c1ccc(C#N)nc1. The molecular weight excluding hydrogens is 238 g/mol. The number of hydrogen-bond donors (Lipinski definition) is 1. The zero-order chi connectivity index (χ0) is 13.1. The first-order valence-corrected chi connectivity index (χ1v) is 6.17. The lowest BCUT2D eigenvalue weighted by Gasteiger charge is -2.19. The van der Waals surface area contributed by atoms with Crippen LogP contribution in [0.2, 0.25) is 0 Å². The van der Waals surface area contributed by atoms with Gasteiger partial charge in [-0.25, -0.2) is 13.4 Å². The Bertz CT molecular complexity index is 589. The molecule has 0 saturated carbocycles. The van der Waals surface area contributed by atoms with Gasteiger partial charge in [0, 0.05) is 6.20 Å². The highest BCUT2D eigenvalue weighted by molar-refractivity contribution is 7.89. The molecule has 0 aliphatic heterocycles. The van der Waals surface area contributed by atoms with Crippen LogP contribution in [0.15, 0.2) is 23.2 Å². The molecule has 0 aromatic carbocycles. The van der Waals surface area contributed by atoms with Crippen LogP contribution in [0, 0.1) is 23.7 Å².